The zero-order valence-electron chi connectivity index (χ0n) is 15.9. The third-order valence-corrected chi connectivity index (χ3v) is 4.75. The highest BCUT2D eigenvalue weighted by molar-refractivity contribution is 6.30. The normalized spacial score (nSPS) is 11.0. The molecule has 1 N–H and O–H groups in total. The molecule has 0 aliphatic rings. The van der Waals surface area contributed by atoms with Gasteiger partial charge in [-0.2, -0.15) is 5.10 Å². The van der Waals surface area contributed by atoms with E-state index in [9.17, 15) is 4.79 Å². The van der Waals surface area contributed by atoms with Crippen molar-refractivity contribution in [2.45, 2.75) is 13.5 Å². The molecule has 146 valence electrons. The Kier molecular flexibility index (Phi) is 5.24. The van der Waals surface area contributed by atoms with E-state index in [4.69, 9.17) is 16.3 Å². The molecule has 2 aromatic heterocycles. The largest absolute Gasteiger partial charge is 0.378 e. The molecule has 0 unspecified atom stereocenters. The van der Waals surface area contributed by atoms with Gasteiger partial charge in [0.2, 0.25) is 0 Å². The molecule has 1 amide bonds. The number of aryl methyl sites for hydroxylation is 1. The van der Waals surface area contributed by atoms with Gasteiger partial charge in [0.15, 0.2) is 11.3 Å². The molecule has 4 aromatic rings. The molecule has 0 aliphatic heterocycles. The quantitative estimate of drug-likeness (QED) is 0.537. The van der Waals surface area contributed by atoms with E-state index in [0.717, 1.165) is 11.1 Å². The molecule has 0 atom stereocenters. The molecule has 0 aliphatic carbocycles. The molecule has 0 saturated carbocycles. The number of rotatable bonds is 5. The van der Waals surface area contributed by atoms with Crippen molar-refractivity contribution >= 4 is 28.8 Å². The highest BCUT2D eigenvalue weighted by atomic mass is 35.5. The van der Waals surface area contributed by atoms with Crippen LogP contribution in [0.15, 0.2) is 54.6 Å². The average Bonchev–Trinajstić information content (AvgIpc) is 3.09. The Morgan fingerprint density at radius 2 is 1.83 bits per heavy atom. The van der Waals surface area contributed by atoms with Gasteiger partial charge >= 0.3 is 0 Å². The Balaban J connectivity index is 1.80. The monoisotopic (exact) mass is 407 g/mol. The first-order valence-electron chi connectivity index (χ1n) is 8.94. The number of fused-ring (bicyclic) bond motifs is 1. The van der Waals surface area contributed by atoms with Gasteiger partial charge in [0.1, 0.15) is 0 Å². The summed E-state index contributed by atoms with van der Waals surface area (Å²) in [5, 5.41) is 16.6. The Bertz CT molecular complexity index is 1170. The van der Waals surface area contributed by atoms with Crippen molar-refractivity contribution in [3.8, 4) is 11.1 Å². The van der Waals surface area contributed by atoms with Gasteiger partial charge in [-0.3, -0.25) is 4.79 Å². The summed E-state index contributed by atoms with van der Waals surface area (Å²) in [5.74, 6) is -0.347. The van der Waals surface area contributed by atoms with Crippen LogP contribution < -0.4 is 5.32 Å². The van der Waals surface area contributed by atoms with Gasteiger partial charge in [-0.05, 0) is 36.8 Å². The molecule has 0 radical (unpaired) electrons. The van der Waals surface area contributed by atoms with Crippen molar-refractivity contribution in [2.75, 3.05) is 12.4 Å². The second kappa shape index (κ2) is 7.98. The second-order valence-corrected chi connectivity index (χ2v) is 6.89. The number of nitrogens with one attached hydrogen (secondary N) is 1. The Morgan fingerprint density at radius 1 is 1.10 bits per heavy atom. The van der Waals surface area contributed by atoms with Crippen LogP contribution in [0.25, 0.3) is 16.8 Å². The van der Waals surface area contributed by atoms with E-state index in [0.29, 0.717) is 34.4 Å². The Hall–Kier alpha value is -3.29. The lowest BCUT2D eigenvalue weighted by Gasteiger charge is -2.07. The van der Waals surface area contributed by atoms with E-state index in [1.807, 2.05) is 42.5 Å². The lowest BCUT2D eigenvalue weighted by molar-refractivity contribution is 0.102. The number of aromatic nitrogens is 4. The Morgan fingerprint density at radius 3 is 2.52 bits per heavy atom. The molecule has 4 rings (SSSR count). The number of hydrogen-bond acceptors (Lipinski definition) is 5. The predicted molar refractivity (Wildman–Crippen MR) is 111 cm³/mol. The maximum Gasteiger partial charge on any atom is 0.278 e. The predicted octanol–water partition coefficient (Wildman–Crippen LogP) is 4.15. The number of methoxy groups -OCH3 is 1. The third kappa shape index (κ3) is 3.70. The fourth-order valence-corrected chi connectivity index (χ4v) is 3.25. The van der Waals surface area contributed by atoms with Crippen molar-refractivity contribution < 1.29 is 9.53 Å². The topological polar surface area (TPSA) is 81.4 Å². The van der Waals surface area contributed by atoms with Gasteiger partial charge < -0.3 is 10.1 Å². The van der Waals surface area contributed by atoms with Crippen LogP contribution in [0.4, 0.5) is 5.69 Å². The minimum absolute atomic E-state index is 0.204. The molecule has 8 heteroatoms. The van der Waals surface area contributed by atoms with E-state index in [-0.39, 0.29) is 11.6 Å². The van der Waals surface area contributed by atoms with E-state index in [2.05, 4.69) is 20.6 Å². The lowest BCUT2D eigenvalue weighted by Crippen LogP contribution is -2.18. The van der Waals surface area contributed by atoms with Gasteiger partial charge in [-0.1, -0.05) is 41.9 Å². The molecule has 29 heavy (non-hydrogen) atoms. The van der Waals surface area contributed by atoms with Crippen LogP contribution in [-0.2, 0) is 11.3 Å². The van der Waals surface area contributed by atoms with E-state index in [1.165, 1.54) is 0 Å². The summed E-state index contributed by atoms with van der Waals surface area (Å²) in [4.78, 5) is 12.7. The molecule has 0 fully saturated rings. The molecule has 0 saturated heterocycles. The third-order valence-electron chi connectivity index (χ3n) is 4.50. The first kappa shape index (κ1) is 19.0. The van der Waals surface area contributed by atoms with Crippen molar-refractivity contribution in [3.05, 3.63) is 76.7 Å². The number of anilines is 1. The van der Waals surface area contributed by atoms with Crippen LogP contribution in [0.5, 0.6) is 0 Å². The van der Waals surface area contributed by atoms with Gasteiger partial charge in [-0.15, -0.1) is 10.2 Å². The summed E-state index contributed by atoms with van der Waals surface area (Å²) < 4.78 is 6.94. The van der Waals surface area contributed by atoms with Crippen molar-refractivity contribution in [3.63, 3.8) is 0 Å². The second-order valence-electron chi connectivity index (χ2n) is 6.45. The van der Waals surface area contributed by atoms with Crippen LogP contribution >= 0.6 is 11.6 Å². The first-order valence-corrected chi connectivity index (χ1v) is 9.32. The van der Waals surface area contributed by atoms with E-state index in [1.54, 1.807) is 30.7 Å². The van der Waals surface area contributed by atoms with Gasteiger partial charge in [-0.25, -0.2) is 4.52 Å². The molecule has 7 nitrogen and oxygen atoms in total. The van der Waals surface area contributed by atoms with Crippen molar-refractivity contribution in [1.82, 2.24) is 19.8 Å². The number of amides is 1. The number of ether oxygens (including phenoxy) is 1. The number of benzene rings is 2. The van der Waals surface area contributed by atoms with Crippen LogP contribution in [0, 0.1) is 6.92 Å². The smallest absolute Gasteiger partial charge is 0.278 e. The molecular formula is C21H18ClN5O2. The number of halogens is 1. The van der Waals surface area contributed by atoms with Crippen molar-refractivity contribution in [1.29, 1.82) is 0 Å². The van der Waals surface area contributed by atoms with Crippen LogP contribution in [-0.4, -0.2) is 32.8 Å². The molecule has 0 bridgehead atoms. The standard InChI is InChI=1S/C21H18ClN5O2/c1-13-19(21(28)23-16-6-4-3-5-7-16)24-25-20-18(14-8-10-15(22)11-9-14)17(12-29-2)26-27(13)20/h3-11H,12H2,1-2H3,(H,23,28). The maximum atomic E-state index is 12.7. The number of carbonyl (C=O) groups is 1. The number of hydrogen-bond donors (Lipinski definition) is 1. The maximum absolute atomic E-state index is 12.7. The summed E-state index contributed by atoms with van der Waals surface area (Å²) in [7, 11) is 1.60. The highest BCUT2D eigenvalue weighted by Gasteiger charge is 2.22. The summed E-state index contributed by atoms with van der Waals surface area (Å²) in [6, 6.07) is 16.6. The SMILES string of the molecule is COCc1nn2c(C)c(C(=O)Nc3ccccc3)nnc2c1-c1ccc(Cl)cc1. The van der Waals surface area contributed by atoms with E-state index < -0.39 is 0 Å². The number of nitrogens with zero attached hydrogens (tertiary/aromatic N) is 4. The number of para-hydroxylation sites is 1. The summed E-state index contributed by atoms with van der Waals surface area (Å²) in [5.41, 5.74) is 4.42. The molecular weight excluding hydrogens is 390 g/mol. The van der Waals surface area contributed by atoms with Crippen molar-refractivity contribution in [2.24, 2.45) is 0 Å². The number of carbonyl (C=O) groups excluding carboxylic acids is 1. The fraction of sp³-hybridized carbons (Fsp3) is 0.143. The molecule has 0 spiro atoms. The minimum atomic E-state index is -0.347. The summed E-state index contributed by atoms with van der Waals surface area (Å²) in [6.07, 6.45) is 0. The zero-order chi connectivity index (χ0) is 20.4. The zero-order valence-corrected chi connectivity index (χ0v) is 16.6. The summed E-state index contributed by atoms with van der Waals surface area (Å²) in [6.45, 7) is 2.09. The molecule has 2 aromatic carbocycles. The van der Waals surface area contributed by atoms with E-state index >= 15 is 0 Å². The van der Waals surface area contributed by atoms with Crippen LogP contribution in [0.1, 0.15) is 21.9 Å². The molecule has 2 heterocycles. The van der Waals surface area contributed by atoms with Gasteiger partial charge in [0.05, 0.1) is 23.6 Å². The van der Waals surface area contributed by atoms with Crippen LogP contribution in [0.3, 0.4) is 0 Å². The minimum Gasteiger partial charge on any atom is -0.378 e. The van der Waals surface area contributed by atoms with Crippen LogP contribution in [0.2, 0.25) is 5.02 Å². The fourth-order valence-electron chi connectivity index (χ4n) is 3.12. The summed E-state index contributed by atoms with van der Waals surface area (Å²) >= 11 is 6.02. The Labute approximate surface area is 172 Å². The lowest BCUT2D eigenvalue weighted by atomic mass is 10.1. The first-order chi connectivity index (χ1) is 14.1. The van der Waals surface area contributed by atoms with Gasteiger partial charge in [0, 0.05) is 17.8 Å². The highest BCUT2D eigenvalue weighted by Crippen LogP contribution is 2.29. The van der Waals surface area contributed by atoms with Gasteiger partial charge in [0.25, 0.3) is 5.91 Å². The average molecular weight is 408 g/mol.